The molecular formula is C23H25NO2. The molecule has 3 aromatic rings. The fourth-order valence-electron chi connectivity index (χ4n) is 3.94. The van der Waals surface area contributed by atoms with Crippen LogP contribution >= 0.6 is 0 Å². The highest BCUT2D eigenvalue weighted by molar-refractivity contribution is 5.86. The van der Waals surface area contributed by atoms with Crippen LogP contribution in [0.3, 0.4) is 0 Å². The van der Waals surface area contributed by atoms with E-state index >= 15 is 0 Å². The Labute approximate surface area is 154 Å². The first-order valence-electron chi connectivity index (χ1n) is 9.50. The lowest BCUT2D eigenvalue weighted by Gasteiger charge is -2.25. The van der Waals surface area contributed by atoms with E-state index in [9.17, 15) is 4.79 Å². The minimum atomic E-state index is 0.157. The molecule has 0 amide bonds. The maximum Gasteiger partial charge on any atom is 0.193 e. The number of aromatic nitrogens is 1. The van der Waals surface area contributed by atoms with Gasteiger partial charge in [0.25, 0.3) is 0 Å². The van der Waals surface area contributed by atoms with Crippen molar-refractivity contribution in [2.45, 2.75) is 40.2 Å². The van der Waals surface area contributed by atoms with Crippen LogP contribution < -0.4 is 10.2 Å². The Morgan fingerprint density at radius 1 is 1.12 bits per heavy atom. The van der Waals surface area contributed by atoms with Crippen LogP contribution in [0.1, 0.15) is 31.9 Å². The first-order chi connectivity index (χ1) is 12.6. The Kier molecular flexibility index (Phi) is 4.31. The minimum Gasteiger partial charge on any atom is -0.493 e. The fraction of sp³-hybridized carbons (Fsp3) is 0.348. The minimum absolute atomic E-state index is 0.157. The van der Waals surface area contributed by atoms with E-state index in [1.54, 1.807) is 0 Å². The molecule has 1 aromatic heterocycles. The SMILES string of the molecule is CCn1c2c(c(=O)c3cc(OCC(C)C)ccc31)CCc1ccccc1-2. The standard InChI is InChI=1S/C23H25NO2/c1-4-24-21-12-10-17(26-14-15(2)3)13-20(21)23(25)19-11-9-16-7-5-6-8-18(16)22(19)24/h5-8,10,12-13,15H,4,9,11,14H2,1-3H3. The topological polar surface area (TPSA) is 31.2 Å². The van der Waals surface area contributed by atoms with Crippen LogP contribution in [0.5, 0.6) is 5.75 Å². The molecule has 3 nitrogen and oxygen atoms in total. The Morgan fingerprint density at radius 3 is 2.69 bits per heavy atom. The largest absolute Gasteiger partial charge is 0.493 e. The van der Waals surface area contributed by atoms with Gasteiger partial charge < -0.3 is 9.30 Å². The van der Waals surface area contributed by atoms with Crippen molar-refractivity contribution in [2.75, 3.05) is 6.61 Å². The van der Waals surface area contributed by atoms with E-state index in [1.807, 2.05) is 18.2 Å². The molecule has 0 unspecified atom stereocenters. The summed E-state index contributed by atoms with van der Waals surface area (Å²) in [6.07, 6.45) is 1.73. The molecule has 134 valence electrons. The van der Waals surface area contributed by atoms with E-state index in [0.717, 1.165) is 47.3 Å². The van der Waals surface area contributed by atoms with Crippen LogP contribution in [-0.4, -0.2) is 11.2 Å². The van der Waals surface area contributed by atoms with Gasteiger partial charge >= 0.3 is 0 Å². The van der Waals surface area contributed by atoms with Crippen LogP contribution in [0.15, 0.2) is 47.3 Å². The third-order valence-corrected chi connectivity index (χ3v) is 5.15. The predicted octanol–water partition coefficient (Wildman–Crippen LogP) is 4.82. The van der Waals surface area contributed by atoms with Gasteiger partial charge in [-0.05, 0) is 49.4 Å². The van der Waals surface area contributed by atoms with Crippen molar-refractivity contribution < 1.29 is 4.74 Å². The lowest BCUT2D eigenvalue weighted by atomic mass is 9.87. The molecule has 1 aliphatic carbocycles. The Hall–Kier alpha value is -2.55. The van der Waals surface area contributed by atoms with Crippen LogP contribution in [0.25, 0.3) is 22.2 Å². The lowest BCUT2D eigenvalue weighted by molar-refractivity contribution is 0.271. The fourth-order valence-corrected chi connectivity index (χ4v) is 3.94. The van der Waals surface area contributed by atoms with Crippen molar-refractivity contribution in [1.29, 1.82) is 0 Å². The normalized spacial score (nSPS) is 12.9. The summed E-state index contributed by atoms with van der Waals surface area (Å²) < 4.78 is 8.14. The van der Waals surface area contributed by atoms with E-state index in [2.05, 4.69) is 49.6 Å². The number of ether oxygens (including phenoxy) is 1. The third kappa shape index (κ3) is 2.72. The summed E-state index contributed by atoms with van der Waals surface area (Å²) in [7, 11) is 0. The molecule has 0 bridgehead atoms. The van der Waals surface area contributed by atoms with Gasteiger partial charge in [-0.1, -0.05) is 38.1 Å². The summed E-state index contributed by atoms with van der Waals surface area (Å²) in [4.78, 5) is 13.3. The zero-order valence-electron chi connectivity index (χ0n) is 15.7. The van der Waals surface area contributed by atoms with Gasteiger partial charge in [-0.3, -0.25) is 4.79 Å². The van der Waals surface area contributed by atoms with Gasteiger partial charge in [-0.25, -0.2) is 0 Å². The van der Waals surface area contributed by atoms with E-state index in [0.29, 0.717) is 12.5 Å². The molecule has 1 aliphatic rings. The first-order valence-corrected chi connectivity index (χ1v) is 9.50. The molecule has 3 heteroatoms. The Balaban J connectivity index is 1.96. The van der Waals surface area contributed by atoms with E-state index in [4.69, 9.17) is 4.74 Å². The number of hydrogen-bond donors (Lipinski definition) is 0. The second-order valence-corrected chi connectivity index (χ2v) is 7.44. The number of rotatable bonds is 4. The molecule has 0 fully saturated rings. The molecule has 0 saturated carbocycles. The zero-order valence-corrected chi connectivity index (χ0v) is 15.7. The summed E-state index contributed by atoms with van der Waals surface area (Å²) in [5, 5.41) is 0.770. The van der Waals surface area contributed by atoms with Crippen molar-refractivity contribution in [1.82, 2.24) is 4.57 Å². The van der Waals surface area contributed by atoms with Gasteiger partial charge in [0.15, 0.2) is 5.43 Å². The lowest BCUT2D eigenvalue weighted by Crippen LogP contribution is -2.22. The van der Waals surface area contributed by atoms with Crippen molar-refractivity contribution in [3.63, 3.8) is 0 Å². The summed E-state index contributed by atoms with van der Waals surface area (Å²) in [6, 6.07) is 14.4. The molecule has 0 N–H and O–H groups in total. The average molecular weight is 347 g/mol. The second kappa shape index (κ2) is 6.64. The maximum absolute atomic E-state index is 13.3. The van der Waals surface area contributed by atoms with Crippen LogP contribution in [0, 0.1) is 5.92 Å². The van der Waals surface area contributed by atoms with Gasteiger partial charge in [-0.2, -0.15) is 0 Å². The Bertz CT molecular complexity index is 1030. The zero-order chi connectivity index (χ0) is 18.3. The van der Waals surface area contributed by atoms with Gasteiger partial charge in [0.05, 0.1) is 17.8 Å². The number of pyridine rings is 1. The van der Waals surface area contributed by atoms with Gasteiger partial charge in [0.2, 0.25) is 0 Å². The molecule has 0 aliphatic heterocycles. The highest BCUT2D eigenvalue weighted by Crippen LogP contribution is 2.34. The second-order valence-electron chi connectivity index (χ2n) is 7.44. The number of fused-ring (bicyclic) bond motifs is 4. The highest BCUT2D eigenvalue weighted by Gasteiger charge is 2.23. The van der Waals surface area contributed by atoms with Gasteiger partial charge in [0, 0.05) is 23.1 Å². The van der Waals surface area contributed by atoms with Crippen molar-refractivity contribution in [3.8, 4) is 17.0 Å². The first kappa shape index (κ1) is 16.9. The van der Waals surface area contributed by atoms with E-state index < -0.39 is 0 Å². The number of nitrogens with zero attached hydrogens (tertiary/aromatic N) is 1. The summed E-state index contributed by atoms with van der Waals surface area (Å²) >= 11 is 0. The Morgan fingerprint density at radius 2 is 1.92 bits per heavy atom. The maximum atomic E-state index is 13.3. The summed E-state index contributed by atoms with van der Waals surface area (Å²) in [6.45, 7) is 7.88. The van der Waals surface area contributed by atoms with Gasteiger partial charge in [0.1, 0.15) is 5.75 Å². The van der Waals surface area contributed by atoms with Crippen LogP contribution in [-0.2, 0) is 19.4 Å². The monoisotopic (exact) mass is 347 g/mol. The molecule has 4 rings (SSSR count). The van der Waals surface area contributed by atoms with Crippen LogP contribution in [0.4, 0.5) is 0 Å². The average Bonchev–Trinajstić information content (AvgIpc) is 2.66. The molecule has 0 spiro atoms. The molecule has 1 heterocycles. The van der Waals surface area contributed by atoms with Crippen molar-refractivity contribution in [2.24, 2.45) is 5.92 Å². The molecule has 0 atom stereocenters. The van der Waals surface area contributed by atoms with Crippen LogP contribution in [0.2, 0.25) is 0 Å². The molecule has 2 aromatic carbocycles. The number of hydrogen-bond acceptors (Lipinski definition) is 2. The number of benzene rings is 2. The molecular weight excluding hydrogens is 322 g/mol. The van der Waals surface area contributed by atoms with Crippen molar-refractivity contribution >= 4 is 10.9 Å². The molecule has 0 radical (unpaired) electrons. The number of aryl methyl sites for hydroxylation is 2. The molecule has 26 heavy (non-hydrogen) atoms. The molecule has 0 saturated heterocycles. The van der Waals surface area contributed by atoms with E-state index in [-0.39, 0.29) is 5.43 Å². The third-order valence-electron chi connectivity index (χ3n) is 5.15. The smallest absolute Gasteiger partial charge is 0.193 e. The predicted molar refractivity (Wildman–Crippen MR) is 107 cm³/mol. The summed E-state index contributed by atoms with van der Waals surface area (Å²) in [5.74, 6) is 1.24. The van der Waals surface area contributed by atoms with Gasteiger partial charge in [-0.15, -0.1) is 0 Å². The summed E-state index contributed by atoms with van der Waals surface area (Å²) in [5.41, 5.74) is 5.73. The van der Waals surface area contributed by atoms with Crippen molar-refractivity contribution in [3.05, 3.63) is 63.8 Å². The van der Waals surface area contributed by atoms with E-state index in [1.165, 1.54) is 11.1 Å². The quantitative estimate of drug-likeness (QED) is 0.677. The highest BCUT2D eigenvalue weighted by atomic mass is 16.5.